The molecule has 0 saturated carbocycles. The van der Waals surface area contributed by atoms with Gasteiger partial charge in [0, 0.05) is 52.5 Å². The quantitative estimate of drug-likeness (QED) is 0.817. The molecule has 1 aliphatic heterocycles. The van der Waals surface area contributed by atoms with Crippen LogP contribution in [0.5, 0.6) is 0 Å². The summed E-state index contributed by atoms with van der Waals surface area (Å²) in [7, 11) is 3.24. The van der Waals surface area contributed by atoms with Gasteiger partial charge in [0.25, 0.3) is 5.91 Å². The van der Waals surface area contributed by atoms with Crippen LogP contribution in [0.25, 0.3) is 0 Å². The zero-order valence-corrected chi connectivity index (χ0v) is 16.3. The lowest BCUT2D eigenvalue weighted by Crippen LogP contribution is -2.60. The normalized spacial score (nSPS) is 17.4. The van der Waals surface area contributed by atoms with Gasteiger partial charge < -0.3 is 14.8 Å². The summed E-state index contributed by atoms with van der Waals surface area (Å²) in [5, 5.41) is 2.71. The number of carbonyl (C=O) groups excluding carboxylic acids is 2. The van der Waals surface area contributed by atoms with Gasteiger partial charge in [-0.2, -0.15) is 0 Å². The molecule has 1 atom stereocenters. The van der Waals surface area contributed by atoms with E-state index in [1.165, 1.54) is 16.2 Å². The van der Waals surface area contributed by atoms with Crippen molar-refractivity contribution in [2.75, 3.05) is 33.2 Å². The number of amides is 2. The zero-order chi connectivity index (χ0) is 20.1. The summed E-state index contributed by atoms with van der Waals surface area (Å²) in [6.07, 6.45) is 2.39. The molecule has 2 aromatic rings. The van der Waals surface area contributed by atoms with Crippen molar-refractivity contribution in [2.45, 2.75) is 12.5 Å². The standard InChI is InChI=1S/C21H26N4O3/c1-22-20(27)18-15-25(21(28)17-8-9-19(26)23(2)14-17)13-12-24(18)11-10-16-6-4-3-5-7-16/h3-9,14,18H,10-13,15H2,1-2H3,(H,22,27). The van der Waals surface area contributed by atoms with Crippen molar-refractivity contribution in [3.63, 3.8) is 0 Å². The molecule has 28 heavy (non-hydrogen) atoms. The lowest BCUT2D eigenvalue weighted by molar-refractivity contribution is -0.127. The Hall–Kier alpha value is -2.93. The molecule has 0 bridgehead atoms. The minimum absolute atomic E-state index is 0.0916. The Morgan fingerprint density at radius 2 is 1.86 bits per heavy atom. The van der Waals surface area contributed by atoms with E-state index in [2.05, 4.69) is 22.3 Å². The molecule has 0 aliphatic carbocycles. The summed E-state index contributed by atoms with van der Waals surface area (Å²) in [6, 6.07) is 12.7. The Balaban J connectivity index is 1.70. The van der Waals surface area contributed by atoms with Gasteiger partial charge in [0.05, 0.1) is 5.56 Å². The zero-order valence-electron chi connectivity index (χ0n) is 16.3. The molecule has 3 rings (SSSR count). The largest absolute Gasteiger partial charge is 0.358 e. The number of aromatic nitrogens is 1. The second kappa shape index (κ2) is 8.84. The number of piperazine rings is 1. The van der Waals surface area contributed by atoms with E-state index in [0.29, 0.717) is 25.2 Å². The predicted molar refractivity (Wildman–Crippen MR) is 107 cm³/mol. The SMILES string of the molecule is CNC(=O)C1CN(C(=O)c2ccc(=O)n(C)c2)CCN1CCc1ccccc1. The van der Waals surface area contributed by atoms with E-state index in [1.807, 2.05) is 18.2 Å². The molecule has 2 heterocycles. The third-order valence-corrected chi connectivity index (χ3v) is 5.19. The highest BCUT2D eigenvalue weighted by molar-refractivity contribution is 5.94. The molecule has 1 saturated heterocycles. The lowest BCUT2D eigenvalue weighted by atomic mass is 10.1. The van der Waals surface area contributed by atoms with Crippen LogP contribution in [-0.2, 0) is 18.3 Å². The molecule has 7 nitrogen and oxygen atoms in total. The molecular weight excluding hydrogens is 356 g/mol. The van der Waals surface area contributed by atoms with Gasteiger partial charge in [-0.15, -0.1) is 0 Å². The summed E-state index contributed by atoms with van der Waals surface area (Å²) in [6.45, 7) is 2.26. The first-order valence-electron chi connectivity index (χ1n) is 9.45. The van der Waals surface area contributed by atoms with E-state index in [-0.39, 0.29) is 23.4 Å². The first kappa shape index (κ1) is 19.8. The fourth-order valence-corrected chi connectivity index (χ4v) is 3.51. The van der Waals surface area contributed by atoms with Crippen molar-refractivity contribution in [3.05, 3.63) is 70.1 Å². The highest BCUT2D eigenvalue weighted by Crippen LogP contribution is 2.14. The van der Waals surface area contributed by atoms with E-state index in [0.717, 1.165) is 13.0 Å². The van der Waals surface area contributed by atoms with Crippen molar-refractivity contribution >= 4 is 11.8 Å². The predicted octanol–water partition coefficient (Wildman–Crippen LogP) is 0.500. The van der Waals surface area contributed by atoms with Crippen LogP contribution in [0.4, 0.5) is 0 Å². The van der Waals surface area contributed by atoms with E-state index in [9.17, 15) is 14.4 Å². The highest BCUT2D eigenvalue weighted by atomic mass is 16.2. The molecule has 1 aromatic heterocycles. The van der Waals surface area contributed by atoms with Gasteiger partial charge in [-0.05, 0) is 18.1 Å². The molecule has 1 aromatic carbocycles. The second-order valence-corrected chi connectivity index (χ2v) is 7.02. The van der Waals surface area contributed by atoms with Crippen molar-refractivity contribution < 1.29 is 9.59 Å². The van der Waals surface area contributed by atoms with Crippen LogP contribution >= 0.6 is 0 Å². The number of nitrogens with one attached hydrogen (secondary N) is 1. The number of likely N-dealkylation sites (N-methyl/N-ethyl adjacent to an activating group) is 1. The van der Waals surface area contributed by atoms with E-state index < -0.39 is 0 Å². The Morgan fingerprint density at radius 3 is 2.54 bits per heavy atom. The van der Waals surface area contributed by atoms with Crippen LogP contribution in [0.2, 0.25) is 0 Å². The summed E-state index contributed by atoms with van der Waals surface area (Å²) >= 11 is 0. The van der Waals surface area contributed by atoms with Gasteiger partial charge in [-0.25, -0.2) is 0 Å². The maximum Gasteiger partial charge on any atom is 0.255 e. The van der Waals surface area contributed by atoms with Crippen LogP contribution in [0.15, 0.2) is 53.5 Å². The molecule has 7 heteroatoms. The number of hydrogen-bond donors (Lipinski definition) is 1. The topological polar surface area (TPSA) is 74.6 Å². The summed E-state index contributed by atoms with van der Waals surface area (Å²) in [5.41, 5.74) is 1.52. The molecule has 2 amide bonds. The van der Waals surface area contributed by atoms with E-state index in [4.69, 9.17) is 0 Å². The summed E-state index contributed by atoms with van der Waals surface area (Å²) < 4.78 is 1.39. The number of benzene rings is 1. The maximum absolute atomic E-state index is 12.9. The van der Waals surface area contributed by atoms with Crippen LogP contribution < -0.4 is 10.9 Å². The average Bonchev–Trinajstić information content (AvgIpc) is 2.73. The Labute approximate surface area is 164 Å². The number of hydrogen-bond acceptors (Lipinski definition) is 4. The first-order chi connectivity index (χ1) is 13.5. The molecule has 0 spiro atoms. The lowest BCUT2D eigenvalue weighted by Gasteiger charge is -2.40. The molecule has 148 valence electrons. The van der Waals surface area contributed by atoms with Gasteiger partial charge in [-0.3, -0.25) is 19.3 Å². The number of aryl methyl sites for hydroxylation is 1. The fraction of sp³-hybridized carbons (Fsp3) is 0.381. The van der Waals surface area contributed by atoms with Crippen molar-refractivity contribution in [2.24, 2.45) is 7.05 Å². The third kappa shape index (κ3) is 4.48. The van der Waals surface area contributed by atoms with Crippen LogP contribution in [0.1, 0.15) is 15.9 Å². The molecular formula is C21H26N4O3. The van der Waals surface area contributed by atoms with Gasteiger partial charge in [0.15, 0.2) is 0 Å². The molecule has 1 aliphatic rings. The van der Waals surface area contributed by atoms with Gasteiger partial charge in [-0.1, -0.05) is 30.3 Å². The Bertz CT molecular complexity index is 894. The first-order valence-corrected chi connectivity index (χ1v) is 9.45. The van der Waals surface area contributed by atoms with E-state index in [1.54, 1.807) is 31.3 Å². The molecule has 1 fully saturated rings. The minimum atomic E-state index is -0.390. The van der Waals surface area contributed by atoms with Crippen LogP contribution in [0.3, 0.4) is 0 Å². The number of carbonyl (C=O) groups is 2. The van der Waals surface area contributed by atoms with Gasteiger partial charge in [0.1, 0.15) is 6.04 Å². The number of nitrogens with zero attached hydrogens (tertiary/aromatic N) is 3. The third-order valence-electron chi connectivity index (χ3n) is 5.19. The molecule has 1 unspecified atom stereocenters. The van der Waals surface area contributed by atoms with Crippen molar-refractivity contribution in [1.82, 2.24) is 19.7 Å². The van der Waals surface area contributed by atoms with Crippen molar-refractivity contribution in [1.29, 1.82) is 0 Å². The fourth-order valence-electron chi connectivity index (χ4n) is 3.51. The molecule has 1 N–H and O–H groups in total. The summed E-state index contributed by atoms with van der Waals surface area (Å²) in [5.74, 6) is -0.252. The Kier molecular flexibility index (Phi) is 6.26. The smallest absolute Gasteiger partial charge is 0.255 e. The monoisotopic (exact) mass is 382 g/mol. The number of pyridine rings is 1. The van der Waals surface area contributed by atoms with Crippen molar-refractivity contribution in [3.8, 4) is 0 Å². The van der Waals surface area contributed by atoms with Gasteiger partial charge >= 0.3 is 0 Å². The maximum atomic E-state index is 12.9. The summed E-state index contributed by atoms with van der Waals surface area (Å²) in [4.78, 5) is 40.7. The highest BCUT2D eigenvalue weighted by Gasteiger charge is 2.34. The van der Waals surface area contributed by atoms with E-state index >= 15 is 0 Å². The minimum Gasteiger partial charge on any atom is -0.358 e. The van der Waals surface area contributed by atoms with Gasteiger partial charge in [0.2, 0.25) is 11.5 Å². The van der Waals surface area contributed by atoms with Crippen LogP contribution in [0, 0.1) is 0 Å². The number of rotatable bonds is 5. The Morgan fingerprint density at radius 1 is 1.11 bits per heavy atom. The average molecular weight is 382 g/mol. The second-order valence-electron chi connectivity index (χ2n) is 7.02. The van der Waals surface area contributed by atoms with Crippen LogP contribution in [-0.4, -0.2) is 65.4 Å². The molecule has 0 radical (unpaired) electrons.